The molecule has 0 bridgehead atoms. The fourth-order valence-corrected chi connectivity index (χ4v) is 3.23. The number of nitrogens with zero attached hydrogens (tertiary/aromatic N) is 1. The first kappa shape index (κ1) is 20.4. The zero-order valence-electron chi connectivity index (χ0n) is 13.7. The minimum absolute atomic E-state index is 0. The van der Waals surface area contributed by atoms with Gasteiger partial charge in [0.05, 0.1) is 0 Å². The summed E-state index contributed by atoms with van der Waals surface area (Å²) in [5, 5.41) is 6.44. The van der Waals surface area contributed by atoms with Gasteiger partial charge >= 0.3 is 0 Å². The maximum absolute atomic E-state index is 12.4. The van der Waals surface area contributed by atoms with Crippen molar-refractivity contribution in [3.63, 3.8) is 0 Å². The fraction of sp³-hybridized carbons (Fsp3) is 0.588. The third-order valence-electron chi connectivity index (χ3n) is 4.17. The summed E-state index contributed by atoms with van der Waals surface area (Å²) in [4.78, 5) is 14.7. The molecule has 1 amide bonds. The van der Waals surface area contributed by atoms with E-state index in [1.54, 1.807) is 0 Å². The van der Waals surface area contributed by atoms with Gasteiger partial charge in [-0.3, -0.25) is 9.69 Å². The Morgan fingerprint density at radius 3 is 2.78 bits per heavy atom. The largest absolute Gasteiger partial charge is 0.355 e. The van der Waals surface area contributed by atoms with E-state index >= 15 is 0 Å². The smallest absolute Gasteiger partial charge is 0.223 e. The molecule has 6 heteroatoms. The van der Waals surface area contributed by atoms with Crippen LogP contribution >= 0.6 is 28.3 Å². The summed E-state index contributed by atoms with van der Waals surface area (Å²) in [7, 11) is 0. The van der Waals surface area contributed by atoms with Crippen LogP contribution in [-0.2, 0) is 11.2 Å². The highest BCUT2D eigenvalue weighted by atomic mass is 79.9. The first-order valence-corrected chi connectivity index (χ1v) is 8.93. The summed E-state index contributed by atoms with van der Waals surface area (Å²) in [5.74, 6) is 0.231. The molecule has 0 aromatic heterocycles. The number of piperazine rings is 1. The zero-order chi connectivity index (χ0) is 15.8. The average Bonchev–Trinajstić information content (AvgIpc) is 2.53. The molecule has 0 saturated carbocycles. The Morgan fingerprint density at radius 2 is 2.13 bits per heavy atom. The fourth-order valence-electron chi connectivity index (χ4n) is 2.79. The number of nitrogens with one attached hydrogen (secondary N) is 2. The van der Waals surface area contributed by atoms with Crippen molar-refractivity contribution in [3.8, 4) is 0 Å². The second-order valence-electron chi connectivity index (χ2n) is 5.82. The average molecular weight is 405 g/mol. The minimum Gasteiger partial charge on any atom is -0.355 e. The molecule has 1 aliphatic heterocycles. The molecule has 23 heavy (non-hydrogen) atoms. The van der Waals surface area contributed by atoms with E-state index in [1.807, 2.05) is 12.1 Å². The van der Waals surface area contributed by atoms with Gasteiger partial charge in [-0.15, -0.1) is 12.4 Å². The number of carbonyl (C=O) groups excluding carboxylic acids is 1. The molecule has 1 heterocycles. The topological polar surface area (TPSA) is 44.4 Å². The number of benzene rings is 1. The van der Waals surface area contributed by atoms with Crippen LogP contribution in [0.3, 0.4) is 0 Å². The summed E-state index contributed by atoms with van der Waals surface area (Å²) in [5.41, 5.74) is 1.21. The van der Waals surface area contributed by atoms with Crippen molar-refractivity contribution in [2.24, 2.45) is 5.92 Å². The molecule has 2 N–H and O–H groups in total. The maximum atomic E-state index is 12.4. The van der Waals surface area contributed by atoms with Crippen molar-refractivity contribution in [2.75, 3.05) is 39.3 Å². The molecule has 0 spiro atoms. The molecule has 1 aromatic carbocycles. The van der Waals surface area contributed by atoms with Crippen molar-refractivity contribution in [1.82, 2.24) is 15.5 Å². The molecule has 1 fully saturated rings. The number of amides is 1. The van der Waals surface area contributed by atoms with E-state index in [0.717, 1.165) is 56.6 Å². The van der Waals surface area contributed by atoms with Crippen LogP contribution in [0.15, 0.2) is 28.7 Å². The summed E-state index contributed by atoms with van der Waals surface area (Å²) < 4.78 is 1.07. The van der Waals surface area contributed by atoms with E-state index < -0.39 is 0 Å². The monoisotopic (exact) mass is 403 g/mol. The molecule has 2 rings (SSSR count). The lowest BCUT2D eigenvalue weighted by Crippen LogP contribution is -2.46. The van der Waals surface area contributed by atoms with Crippen LogP contribution < -0.4 is 10.6 Å². The summed E-state index contributed by atoms with van der Waals surface area (Å²) in [6, 6.07) is 8.21. The van der Waals surface area contributed by atoms with Crippen molar-refractivity contribution >= 4 is 34.2 Å². The molecule has 1 atom stereocenters. The molecule has 130 valence electrons. The number of hydrogen-bond donors (Lipinski definition) is 2. The van der Waals surface area contributed by atoms with Gasteiger partial charge in [0, 0.05) is 49.7 Å². The van der Waals surface area contributed by atoms with E-state index in [2.05, 4.69) is 50.5 Å². The first-order chi connectivity index (χ1) is 10.7. The van der Waals surface area contributed by atoms with Crippen molar-refractivity contribution in [3.05, 3.63) is 34.3 Å². The number of carbonyl (C=O) groups is 1. The highest BCUT2D eigenvalue weighted by molar-refractivity contribution is 9.10. The summed E-state index contributed by atoms with van der Waals surface area (Å²) in [6.45, 7) is 8.02. The number of hydrogen-bond acceptors (Lipinski definition) is 3. The van der Waals surface area contributed by atoms with Crippen LogP contribution in [-0.4, -0.2) is 50.1 Å². The maximum Gasteiger partial charge on any atom is 0.223 e. The van der Waals surface area contributed by atoms with Gasteiger partial charge in [0.25, 0.3) is 0 Å². The molecule has 0 aliphatic carbocycles. The first-order valence-electron chi connectivity index (χ1n) is 8.14. The molecule has 1 aliphatic rings. The summed E-state index contributed by atoms with van der Waals surface area (Å²) >= 11 is 3.49. The number of halogens is 2. The SMILES string of the molecule is CCC(Cc1cccc(Br)c1)C(=O)NCCN1CCNCC1.Cl. The standard InChI is InChI=1S/C17H26BrN3O.ClH/c1-2-15(12-14-4-3-5-16(18)13-14)17(22)20-8-11-21-9-6-19-7-10-21;/h3-5,13,15,19H,2,6-12H2,1H3,(H,20,22);1H. The van der Waals surface area contributed by atoms with Gasteiger partial charge in [0.15, 0.2) is 0 Å². The Hall–Kier alpha value is -0.620. The zero-order valence-corrected chi connectivity index (χ0v) is 16.1. The quantitative estimate of drug-likeness (QED) is 0.734. The summed E-state index contributed by atoms with van der Waals surface area (Å²) in [6.07, 6.45) is 1.67. The predicted octanol–water partition coefficient (Wildman–Crippen LogP) is 2.46. The van der Waals surface area contributed by atoms with E-state index in [4.69, 9.17) is 0 Å². The Morgan fingerprint density at radius 1 is 1.39 bits per heavy atom. The van der Waals surface area contributed by atoms with Crippen LogP contribution in [0.4, 0.5) is 0 Å². The van der Waals surface area contributed by atoms with Crippen LogP contribution in [0.2, 0.25) is 0 Å². The molecule has 1 saturated heterocycles. The second-order valence-corrected chi connectivity index (χ2v) is 6.74. The molecule has 4 nitrogen and oxygen atoms in total. The van der Waals surface area contributed by atoms with Gasteiger partial charge < -0.3 is 10.6 Å². The lowest BCUT2D eigenvalue weighted by molar-refractivity contribution is -0.125. The number of rotatable bonds is 7. The van der Waals surface area contributed by atoms with Gasteiger partial charge in [0.1, 0.15) is 0 Å². The third-order valence-corrected chi connectivity index (χ3v) is 4.66. The van der Waals surface area contributed by atoms with E-state index in [0.29, 0.717) is 0 Å². The molecule has 1 aromatic rings. The molecule has 0 radical (unpaired) electrons. The Kier molecular flexibility index (Phi) is 9.79. The highest BCUT2D eigenvalue weighted by Crippen LogP contribution is 2.17. The normalized spacial score (nSPS) is 16.4. The minimum atomic E-state index is 0. The van der Waals surface area contributed by atoms with Gasteiger partial charge in [-0.25, -0.2) is 0 Å². The van der Waals surface area contributed by atoms with Crippen LogP contribution in [0, 0.1) is 5.92 Å². The van der Waals surface area contributed by atoms with Crippen molar-refractivity contribution in [1.29, 1.82) is 0 Å². The van der Waals surface area contributed by atoms with Crippen molar-refractivity contribution < 1.29 is 4.79 Å². The molecular weight excluding hydrogens is 378 g/mol. The van der Waals surface area contributed by atoms with Crippen molar-refractivity contribution in [2.45, 2.75) is 19.8 Å². The second kappa shape index (κ2) is 11.0. The Balaban J connectivity index is 0.00000264. The molecular formula is C17H27BrClN3O. The lowest BCUT2D eigenvalue weighted by Gasteiger charge is -2.27. The predicted molar refractivity (Wildman–Crippen MR) is 101 cm³/mol. The van der Waals surface area contributed by atoms with Crippen LogP contribution in [0.5, 0.6) is 0 Å². The third kappa shape index (κ3) is 7.21. The van der Waals surface area contributed by atoms with E-state index in [1.165, 1.54) is 5.56 Å². The van der Waals surface area contributed by atoms with Crippen LogP contribution in [0.1, 0.15) is 18.9 Å². The molecule has 1 unspecified atom stereocenters. The lowest BCUT2D eigenvalue weighted by atomic mass is 9.96. The highest BCUT2D eigenvalue weighted by Gasteiger charge is 2.17. The van der Waals surface area contributed by atoms with E-state index in [-0.39, 0.29) is 24.2 Å². The Labute approximate surface area is 153 Å². The van der Waals surface area contributed by atoms with Gasteiger partial charge in [0.2, 0.25) is 5.91 Å². The van der Waals surface area contributed by atoms with Gasteiger partial charge in [-0.1, -0.05) is 35.0 Å². The Bertz CT molecular complexity index is 481. The van der Waals surface area contributed by atoms with Crippen LogP contribution in [0.25, 0.3) is 0 Å². The van der Waals surface area contributed by atoms with Gasteiger partial charge in [-0.05, 0) is 30.5 Å². The van der Waals surface area contributed by atoms with Gasteiger partial charge in [-0.2, -0.15) is 0 Å². The van der Waals surface area contributed by atoms with E-state index in [9.17, 15) is 4.79 Å².